The first-order valence-electron chi connectivity index (χ1n) is 9.24. The maximum atomic E-state index is 13.1. The van der Waals surface area contributed by atoms with Gasteiger partial charge in [0.05, 0.1) is 0 Å². The normalized spacial score (nSPS) is 18.9. The number of benzene rings is 2. The maximum absolute atomic E-state index is 13.1. The molecule has 4 amide bonds. The van der Waals surface area contributed by atoms with Crippen molar-refractivity contribution in [3.63, 3.8) is 0 Å². The lowest BCUT2D eigenvalue weighted by Gasteiger charge is -2.24. The molecule has 1 unspecified atom stereocenters. The number of hydrogen-bond acceptors (Lipinski definition) is 5. The highest BCUT2D eigenvalue weighted by Crippen LogP contribution is 2.33. The Labute approximate surface area is 166 Å². The van der Waals surface area contributed by atoms with Crippen molar-refractivity contribution in [2.45, 2.75) is 25.8 Å². The van der Waals surface area contributed by atoms with Crippen LogP contribution in [0.3, 0.4) is 0 Å². The van der Waals surface area contributed by atoms with Crippen LogP contribution in [-0.2, 0) is 15.1 Å². The number of carbonyl (C=O) groups is 3. The summed E-state index contributed by atoms with van der Waals surface area (Å²) in [7, 11) is 0. The molecule has 1 fully saturated rings. The molecular formula is C21H20N4O4. The molecule has 29 heavy (non-hydrogen) atoms. The van der Waals surface area contributed by atoms with Crippen molar-refractivity contribution >= 4 is 34.4 Å². The first-order valence-corrected chi connectivity index (χ1v) is 9.24. The molecule has 0 aliphatic carbocycles. The van der Waals surface area contributed by atoms with Gasteiger partial charge in [0.2, 0.25) is 5.91 Å². The number of amides is 4. The number of nitrogens with one attached hydrogen (secondary N) is 2. The Morgan fingerprint density at radius 1 is 1.21 bits per heavy atom. The van der Waals surface area contributed by atoms with Crippen molar-refractivity contribution in [3.05, 3.63) is 59.9 Å². The topological polar surface area (TPSA) is 105 Å². The minimum Gasteiger partial charge on any atom is -0.360 e. The van der Waals surface area contributed by atoms with Gasteiger partial charge in [0.15, 0.2) is 5.82 Å². The first kappa shape index (κ1) is 18.7. The molecule has 3 aromatic rings. The molecule has 0 bridgehead atoms. The lowest BCUT2D eigenvalue weighted by Crippen LogP contribution is -2.41. The molecule has 0 radical (unpaired) electrons. The van der Waals surface area contributed by atoms with E-state index in [4.69, 9.17) is 4.52 Å². The Bertz CT molecular complexity index is 1120. The Morgan fingerprint density at radius 2 is 1.97 bits per heavy atom. The zero-order valence-corrected chi connectivity index (χ0v) is 16.1. The van der Waals surface area contributed by atoms with E-state index in [1.54, 1.807) is 19.9 Å². The van der Waals surface area contributed by atoms with E-state index in [1.165, 1.54) is 0 Å². The van der Waals surface area contributed by atoms with Crippen LogP contribution in [0.1, 0.15) is 24.7 Å². The molecule has 2 heterocycles. The van der Waals surface area contributed by atoms with E-state index in [1.807, 2.05) is 42.5 Å². The monoisotopic (exact) mass is 392 g/mol. The van der Waals surface area contributed by atoms with Crippen LogP contribution < -0.4 is 10.6 Å². The van der Waals surface area contributed by atoms with Gasteiger partial charge in [-0.3, -0.25) is 14.5 Å². The van der Waals surface area contributed by atoms with Gasteiger partial charge in [0.25, 0.3) is 5.91 Å². The third-order valence-electron chi connectivity index (χ3n) is 5.06. The Hall–Kier alpha value is -3.68. The summed E-state index contributed by atoms with van der Waals surface area (Å²) in [6.07, 6.45) is -0.0450. The van der Waals surface area contributed by atoms with E-state index in [9.17, 15) is 14.4 Å². The van der Waals surface area contributed by atoms with E-state index in [2.05, 4.69) is 15.8 Å². The molecule has 1 aliphatic rings. The van der Waals surface area contributed by atoms with Crippen molar-refractivity contribution in [3.8, 4) is 0 Å². The number of aromatic nitrogens is 1. The number of aryl methyl sites for hydroxylation is 1. The van der Waals surface area contributed by atoms with Gasteiger partial charge in [0, 0.05) is 19.0 Å². The molecule has 148 valence electrons. The standard InChI is InChI=1S/C21H20N4O4/c1-13-12-17(24-29-13)22-18(26)10-11-25-19(27)21(2,23-20(25)28)16-9-5-7-14-6-3-4-8-15(14)16/h3-9,12H,10-11H2,1-2H3,(H,23,28)(H,22,24,26). The Balaban J connectivity index is 1.51. The van der Waals surface area contributed by atoms with Crippen molar-refractivity contribution in [2.24, 2.45) is 0 Å². The summed E-state index contributed by atoms with van der Waals surface area (Å²) in [4.78, 5) is 38.9. The van der Waals surface area contributed by atoms with Gasteiger partial charge in [-0.2, -0.15) is 0 Å². The summed E-state index contributed by atoms with van der Waals surface area (Å²) in [5, 5.41) is 10.9. The van der Waals surface area contributed by atoms with Crippen LogP contribution in [0, 0.1) is 6.92 Å². The van der Waals surface area contributed by atoms with E-state index < -0.39 is 11.6 Å². The molecule has 2 aromatic carbocycles. The zero-order chi connectivity index (χ0) is 20.6. The predicted molar refractivity (Wildman–Crippen MR) is 106 cm³/mol. The fourth-order valence-corrected chi connectivity index (χ4v) is 3.59. The van der Waals surface area contributed by atoms with Crippen LogP contribution >= 0.6 is 0 Å². The van der Waals surface area contributed by atoms with Crippen LogP contribution in [0.25, 0.3) is 10.8 Å². The quantitative estimate of drug-likeness (QED) is 0.650. The van der Waals surface area contributed by atoms with Crippen molar-refractivity contribution in [1.29, 1.82) is 0 Å². The molecule has 1 aromatic heterocycles. The van der Waals surface area contributed by atoms with E-state index in [-0.39, 0.29) is 24.8 Å². The molecule has 4 rings (SSSR count). The maximum Gasteiger partial charge on any atom is 0.325 e. The third-order valence-corrected chi connectivity index (χ3v) is 5.06. The van der Waals surface area contributed by atoms with Crippen LogP contribution in [0.2, 0.25) is 0 Å². The molecular weight excluding hydrogens is 372 g/mol. The van der Waals surface area contributed by atoms with Crippen LogP contribution in [-0.4, -0.2) is 34.4 Å². The molecule has 0 saturated carbocycles. The highest BCUT2D eigenvalue weighted by molar-refractivity contribution is 6.09. The summed E-state index contributed by atoms with van der Waals surface area (Å²) in [6, 6.07) is 14.4. The minimum atomic E-state index is -1.20. The van der Waals surface area contributed by atoms with Gasteiger partial charge >= 0.3 is 6.03 Å². The number of nitrogens with zero attached hydrogens (tertiary/aromatic N) is 2. The largest absolute Gasteiger partial charge is 0.360 e. The van der Waals surface area contributed by atoms with Crippen LogP contribution in [0.5, 0.6) is 0 Å². The second kappa shape index (κ2) is 7.05. The van der Waals surface area contributed by atoms with Crippen molar-refractivity contribution in [2.75, 3.05) is 11.9 Å². The molecule has 8 nitrogen and oxygen atoms in total. The minimum absolute atomic E-state index is 0.0340. The highest BCUT2D eigenvalue weighted by atomic mass is 16.5. The van der Waals surface area contributed by atoms with Crippen LogP contribution in [0.4, 0.5) is 10.6 Å². The summed E-state index contributed by atoms with van der Waals surface area (Å²) < 4.78 is 4.90. The number of carbonyl (C=O) groups excluding carboxylic acids is 3. The first-order chi connectivity index (χ1) is 13.9. The number of fused-ring (bicyclic) bond motifs is 1. The predicted octanol–water partition coefficient (Wildman–Crippen LogP) is 2.93. The van der Waals surface area contributed by atoms with Crippen LogP contribution in [0.15, 0.2) is 53.1 Å². The van der Waals surface area contributed by atoms with Gasteiger partial charge in [0.1, 0.15) is 11.3 Å². The number of hydrogen-bond donors (Lipinski definition) is 2. The fraction of sp³-hybridized carbons (Fsp3) is 0.238. The zero-order valence-electron chi connectivity index (χ0n) is 16.1. The lowest BCUT2D eigenvalue weighted by atomic mass is 9.88. The molecule has 8 heteroatoms. The SMILES string of the molecule is Cc1cc(NC(=O)CCN2C(=O)NC(C)(c3cccc4ccccc34)C2=O)no1. The molecule has 0 spiro atoms. The van der Waals surface area contributed by atoms with Gasteiger partial charge < -0.3 is 15.2 Å². The molecule has 2 N–H and O–H groups in total. The fourth-order valence-electron chi connectivity index (χ4n) is 3.59. The summed E-state index contributed by atoms with van der Waals surface area (Å²) in [6.45, 7) is 3.37. The van der Waals surface area contributed by atoms with Gasteiger partial charge in [-0.15, -0.1) is 0 Å². The average Bonchev–Trinajstić information content (AvgIpc) is 3.20. The number of urea groups is 1. The smallest absolute Gasteiger partial charge is 0.325 e. The van der Waals surface area contributed by atoms with Crippen molar-refractivity contribution in [1.82, 2.24) is 15.4 Å². The van der Waals surface area contributed by atoms with E-state index in [0.717, 1.165) is 21.2 Å². The molecule has 1 saturated heterocycles. The lowest BCUT2D eigenvalue weighted by molar-refractivity contribution is -0.131. The van der Waals surface area contributed by atoms with Gasteiger partial charge in [-0.25, -0.2) is 4.79 Å². The van der Waals surface area contributed by atoms with E-state index >= 15 is 0 Å². The Kier molecular flexibility index (Phi) is 4.54. The molecule has 1 aliphatic heterocycles. The third kappa shape index (κ3) is 3.33. The summed E-state index contributed by atoms with van der Waals surface area (Å²) >= 11 is 0. The summed E-state index contributed by atoms with van der Waals surface area (Å²) in [5.41, 5.74) is -0.476. The number of anilines is 1. The number of rotatable bonds is 5. The Morgan fingerprint density at radius 3 is 2.72 bits per heavy atom. The number of imide groups is 1. The second-order valence-electron chi connectivity index (χ2n) is 7.16. The highest BCUT2D eigenvalue weighted by Gasteiger charge is 2.49. The van der Waals surface area contributed by atoms with E-state index in [0.29, 0.717) is 11.6 Å². The second-order valence-corrected chi connectivity index (χ2v) is 7.16. The van der Waals surface area contributed by atoms with Gasteiger partial charge in [-0.1, -0.05) is 47.6 Å². The van der Waals surface area contributed by atoms with Crippen molar-refractivity contribution < 1.29 is 18.9 Å². The average molecular weight is 392 g/mol. The van der Waals surface area contributed by atoms with Gasteiger partial charge in [-0.05, 0) is 30.2 Å². The molecule has 1 atom stereocenters. The summed E-state index contributed by atoms with van der Waals surface area (Å²) in [5.74, 6) is 0.118.